The average Bonchev–Trinajstić information content (AvgIpc) is 2.76. The van der Waals surface area contributed by atoms with Crippen LogP contribution >= 0.6 is 27.5 Å². The maximum absolute atomic E-state index is 12.1. The Balaban J connectivity index is 2.16. The van der Waals surface area contributed by atoms with Crippen LogP contribution in [0.2, 0.25) is 5.02 Å². The molecule has 4 nitrogen and oxygen atoms in total. The van der Waals surface area contributed by atoms with Crippen LogP contribution in [0, 0.1) is 6.92 Å². The molecular formula is C12H11BrClNO3S. The SMILES string of the molecule is Cc1ccc(CNS(=O)(=O)c2ccc(Cl)c(Br)c2)o1. The lowest BCUT2D eigenvalue weighted by Crippen LogP contribution is -2.23. The highest BCUT2D eigenvalue weighted by atomic mass is 79.9. The minimum Gasteiger partial charge on any atom is -0.465 e. The molecule has 0 spiro atoms. The molecule has 1 heterocycles. The summed E-state index contributed by atoms with van der Waals surface area (Å²) in [5, 5.41) is 0.459. The zero-order valence-corrected chi connectivity index (χ0v) is 13.1. The van der Waals surface area contributed by atoms with Crippen molar-refractivity contribution in [3.05, 3.63) is 51.3 Å². The summed E-state index contributed by atoms with van der Waals surface area (Å²) in [5.74, 6) is 1.30. The molecule has 0 aliphatic heterocycles. The lowest BCUT2D eigenvalue weighted by Gasteiger charge is -2.06. The summed E-state index contributed by atoms with van der Waals surface area (Å²) in [6.45, 7) is 1.91. The molecule has 2 rings (SSSR count). The van der Waals surface area contributed by atoms with Gasteiger partial charge in [-0.25, -0.2) is 13.1 Å². The molecule has 0 unspecified atom stereocenters. The van der Waals surface area contributed by atoms with Crippen LogP contribution in [0.4, 0.5) is 0 Å². The Morgan fingerprint density at radius 2 is 2.05 bits per heavy atom. The van der Waals surface area contributed by atoms with Crippen LogP contribution in [0.15, 0.2) is 44.1 Å². The van der Waals surface area contributed by atoms with Crippen molar-refractivity contribution in [3.8, 4) is 0 Å². The predicted octanol–water partition coefficient (Wildman–Crippen LogP) is 3.48. The largest absolute Gasteiger partial charge is 0.465 e. The molecule has 0 saturated heterocycles. The van der Waals surface area contributed by atoms with Crippen molar-refractivity contribution >= 4 is 37.6 Å². The minimum absolute atomic E-state index is 0.108. The monoisotopic (exact) mass is 363 g/mol. The van der Waals surface area contributed by atoms with E-state index < -0.39 is 10.0 Å². The van der Waals surface area contributed by atoms with Crippen LogP contribution < -0.4 is 4.72 Å². The highest BCUT2D eigenvalue weighted by Crippen LogP contribution is 2.25. The fourth-order valence-corrected chi connectivity index (χ4v) is 3.14. The van der Waals surface area contributed by atoms with Gasteiger partial charge in [0.05, 0.1) is 16.5 Å². The van der Waals surface area contributed by atoms with Gasteiger partial charge in [-0.05, 0) is 53.2 Å². The van der Waals surface area contributed by atoms with Crippen LogP contribution in [0.1, 0.15) is 11.5 Å². The van der Waals surface area contributed by atoms with Gasteiger partial charge in [0.25, 0.3) is 0 Å². The second kappa shape index (κ2) is 5.66. The van der Waals surface area contributed by atoms with Gasteiger partial charge >= 0.3 is 0 Å². The van der Waals surface area contributed by atoms with E-state index in [1.807, 2.05) is 0 Å². The number of furan rings is 1. The highest BCUT2D eigenvalue weighted by molar-refractivity contribution is 9.10. The molecule has 0 radical (unpaired) electrons. The van der Waals surface area contributed by atoms with E-state index in [0.29, 0.717) is 15.3 Å². The summed E-state index contributed by atoms with van der Waals surface area (Å²) in [4.78, 5) is 0.145. The zero-order valence-electron chi connectivity index (χ0n) is 9.98. The van der Waals surface area contributed by atoms with E-state index in [1.165, 1.54) is 18.2 Å². The van der Waals surface area contributed by atoms with E-state index in [2.05, 4.69) is 20.7 Å². The Labute approximate surface area is 124 Å². The Bertz CT molecular complexity index is 697. The molecule has 1 N–H and O–H groups in total. The van der Waals surface area contributed by atoms with Gasteiger partial charge in [-0.3, -0.25) is 0 Å². The van der Waals surface area contributed by atoms with Crippen molar-refractivity contribution in [2.45, 2.75) is 18.4 Å². The van der Waals surface area contributed by atoms with Gasteiger partial charge in [-0.1, -0.05) is 11.6 Å². The third-order valence-electron chi connectivity index (χ3n) is 2.43. The van der Waals surface area contributed by atoms with Crippen LogP contribution in [0.3, 0.4) is 0 Å². The zero-order chi connectivity index (χ0) is 14.0. The van der Waals surface area contributed by atoms with Gasteiger partial charge in [-0.2, -0.15) is 0 Å². The van der Waals surface area contributed by atoms with Gasteiger partial charge in [0.15, 0.2) is 0 Å². The lowest BCUT2D eigenvalue weighted by atomic mass is 10.4. The van der Waals surface area contributed by atoms with Gasteiger partial charge in [0, 0.05) is 4.47 Å². The van der Waals surface area contributed by atoms with Crippen molar-refractivity contribution in [2.24, 2.45) is 0 Å². The molecule has 0 bridgehead atoms. The summed E-state index contributed by atoms with van der Waals surface area (Å²) in [6, 6.07) is 7.94. The first-order valence-electron chi connectivity index (χ1n) is 5.38. The molecule has 2 aromatic rings. The third-order valence-corrected chi connectivity index (χ3v) is 5.05. The van der Waals surface area contributed by atoms with E-state index >= 15 is 0 Å². The predicted molar refractivity (Wildman–Crippen MR) is 76.6 cm³/mol. The van der Waals surface area contributed by atoms with Crippen LogP contribution in [0.25, 0.3) is 0 Å². The van der Waals surface area contributed by atoms with Gasteiger partial charge < -0.3 is 4.42 Å². The van der Waals surface area contributed by atoms with Crippen molar-refractivity contribution < 1.29 is 12.8 Å². The maximum atomic E-state index is 12.1. The van der Waals surface area contributed by atoms with E-state index in [4.69, 9.17) is 16.0 Å². The smallest absolute Gasteiger partial charge is 0.241 e. The first-order valence-corrected chi connectivity index (χ1v) is 8.04. The number of halogens is 2. The molecule has 0 atom stereocenters. The van der Waals surface area contributed by atoms with Crippen LogP contribution in [-0.4, -0.2) is 8.42 Å². The summed E-state index contributed by atoms with van der Waals surface area (Å²) in [5.41, 5.74) is 0. The third kappa shape index (κ3) is 3.60. The quantitative estimate of drug-likeness (QED) is 0.903. The van der Waals surface area contributed by atoms with E-state index in [9.17, 15) is 8.42 Å². The fraction of sp³-hybridized carbons (Fsp3) is 0.167. The van der Waals surface area contributed by atoms with E-state index in [0.717, 1.165) is 5.76 Å². The number of hydrogen-bond acceptors (Lipinski definition) is 3. The van der Waals surface area contributed by atoms with E-state index in [1.54, 1.807) is 19.1 Å². The maximum Gasteiger partial charge on any atom is 0.241 e. The second-order valence-electron chi connectivity index (χ2n) is 3.91. The normalized spacial score (nSPS) is 11.7. The molecule has 19 heavy (non-hydrogen) atoms. The molecule has 7 heteroatoms. The van der Waals surface area contributed by atoms with Crippen molar-refractivity contribution in [2.75, 3.05) is 0 Å². The Morgan fingerprint density at radius 3 is 2.63 bits per heavy atom. The van der Waals surface area contributed by atoms with Gasteiger partial charge in [-0.15, -0.1) is 0 Å². The Hall–Kier alpha value is -0.820. The van der Waals surface area contributed by atoms with Crippen molar-refractivity contribution in [1.29, 1.82) is 0 Å². The summed E-state index contributed by atoms with van der Waals surface area (Å²) in [6.07, 6.45) is 0. The average molecular weight is 365 g/mol. The molecular weight excluding hydrogens is 354 g/mol. The lowest BCUT2D eigenvalue weighted by molar-refractivity contribution is 0.475. The summed E-state index contributed by atoms with van der Waals surface area (Å²) < 4.78 is 32.4. The van der Waals surface area contributed by atoms with E-state index in [-0.39, 0.29) is 11.4 Å². The number of sulfonamides is 1. The van der Waals surface area contributed by atoms with Gasteiger partial charge in [0.1, 0.15) is 11.5 Å². The first kappa shape index (κ1) is 14.6. The number of rotatable bonds is 4. The molecule has 1 aromatic carbocycles. The summed E-state index contributed by atoms with van der Waals surface area (Å²) in [7, 11) is -3.59. The summed E-state index contributed by atoms with van der Waals surface area (Å²) >= 11 is 9.02. The Kier molecular flexibility index (Phi) is 4.35. The van der Waals surface area contributed by atoms with Crippen LogP contribution in [-0.2, 0) is 16.6 Å². The fourth-order valence-electron chi connectivity index (χ4n) is 1.47. The number of benzene rings is 1. The number of hydrogen-bond donors (Lipinski definition) is 1. The highest BCUT2D eigenvalue weighted by Gasteiger charge is 2.15. The standard InChI is InChI=1S/C12H11BrClNO3S/c1-8-2-3-9(18-8)7-15-19(16,17)10-4-5-12(14)11(13)6-10/h2-6,15H,7H2,1H3. The topological polar surface area (TPSA) is 59.3 Å². The van der Waals surface area contributed by atoms with Crippen LogP contribution in [0.5, 0.6) is 0 Å². The number of nitrogens with one attached hydrogen (secondary N) is 1. The molecule has 0 aliphatic carbocycles. The first-order chi connectivity index (χ1) is 8.88. The molecule has 1 aromatic heterocycles. The molecule has 0 amide bonds. The number of aryl methyl sites for hydroxylation is 1. The molecule has 0 fully saturated rings. The second-order valence-corrected chi connectivity index (χ2v) is 6.94. The Morgan fingerprint density at radius 1 is 1.32 bits per heavy atom. The van der Waals surface area contributed by atoms with Gasteiger partial charge in [0.2, 0.25) is 10.0 Å². The molecule has 0 aliphatic rings. The molecule has 102 valence electrons. The van der Waals surface area contributed by atoms with Crippen molar-refractivity contribution in [1.82, 2.24) is 4.72 Å². The van der Waals surface area contributed by atoms with Crippen molar-refractivity contribution in [3.63, 3.8) is 0 Å². The molecule has 0 saturated carbocycles. The minimum atomic E-state index is -3.59.